The van der Waals surface area contributed by atoms with Gasteiger partial charge >= 0.3 is 6.18 Å². The Bertz CT molecular complexity index is 470. The lowest BCUT2D eigenvalue weighted by atomic mass is 10.1. The van der Waals surface area contributed by atoms with Gasteiger partial charge in [0, 0.05) is 38.4 Å². The van der Waals surface area contributed by atoms with E-state index in [1.807, 2.05) is 30.3 Å². The third-order valence-corrected chi connectivity index (χ3v) is 3.96. The summed E-state index contributed by atoms with van der Waals surface area (Å²) in [6.45, 7) is 2.40. The molecule has 1 atom stereocenters. The second-order valence-corrected chi connectivity index (χ2v) is 5.59. The molecule has 1 fully saturated rings. The number of nitrogens with zero attached hydrogens (tertiary/aromatic N) is 2. The van der Waals surface area contributed by atoms with E-state index in [1.165, 1.54) is 0 Å². The molecular formula is C14H18F3N3S. The Hall–Kier alpha value is -1.34. The molecule has 21 heavy (non-hydrogen) atoms. The number of halogens is 3. The number of benzene rings is 1. The van der Waals surface area contributed by atoms with Gasteiger partial charge in [0.25, 0.3) is 0 Å². The van der Waals surface area contributed by atoms with E-state index in [9.17, 15) is 13.2 Å². The summed E-state index contributed by atoms with van der Waals surface area (Å²) in [6.07, 6.45) is -4.37. The first-order valence-corrected chi connectivity index (χ1v) is 7.17. The maximum absolute atomic E-state index is 12.9. The molecule has 116 valence electrons. The first kappa shape index (κ1) is 16.0. The standard InChI is InChI=1S/C14H18F3N3S/c15-14(16,17)12(13(18)21)10-19-6-8-20(9-7-19)11-4-2-1-3-5-11/h1-5,12H,6-10H2,(H2,18,21). The fourth-order valence-electron chi connectivity index (χ4n) is 2.44. The molecule has 2 rings (SSSR count). The second kappa shape index (κ2) is 6.62. The normalized spacial score (nSPS) is 18.5. The Balaban J connectivity index is 1.91. The van der Waals surface area contributed by atoms with Crippen LogP contribution in [0.25, 0.3) is 0 Å². The van der Waals surface area contributed by atoms with Gasteiger partial charge in [-0.25, -0.2) is 0 Å². The van der Waals surface area contributed by atoms with Crippen LogP contribution in [0, 0.1) is 5.92 Å². The van der Waals surface area contributed by atoms with E-state index in [1.54, 1.807) is 4.90 Å². The van der Waals surface area contributed by atoms with Crippen molar-refractivity contribution in [3.8, 4) is 0 Å². The van der Waals surface area contributed by atoms with Crippen LogP contribution in [-0.4, -0.2) is 48.8 Å². The van der Waals surface area contributed by atoms with Crippen molar-refractivity contribution in [3.63, 3.8) is 0 Å². The lowest BCUT2D eigenvalue weighted by molar-refractivity contribution is -0.159. The van der Waals surface area contributed by atoms with E-state index >= 15 is 0 Å². The van der Waals surface area contributed by atoms with Crippen molar-refractivity contribution in [3.05, 3.63) is 30.3 Å². The van der Waals surface area contributed by atoms with Crippen LogP contribution in [0.1, 0.15) is 0 Å². The lowest BCUT2D eigenvalue weighted by Crippen LogP contribution is -2.51. The van der Waals surface area contributed by atoms with Gasteiger partial charge in [0.1, 0.15) is 5.92 Å². The van der Waals surface area contributed by atoms with E-state index in [-0.39, 0.29) is 6.54 Å². The highest BCUT2D eigenvalue weighted by molar-refractivity contribution is 7.80. The molecule has 3 nitrogen and oxygen atoms in total. The third kappa shape index (κ3) is 4.31. The van der Waals surface area contributed by atoms with Gasteiger partial charge in [0.15, 0.2) is 0 Å². The average Bonchev–Trinajstić information content (AvgIpc) is 2.45. The molecule has 0 radical (unpaired) electrons. The smallest absolute Gasteiger partial charge is 0.393 e. The van der Waals surface area contributed by atoms with Gasteiger partial charge in [-0.05, 0) is 12.1 Å². The molecule has 1 aliphatic rings. The van der Waals surface area contributed by atoms with Gasteiger partial charge in [0.2, 0.25) is 0 Å². The molecule has 0 spiro atoms. The molecule has 1 aromatic rings. The van der Waals surface area contributed by atoms with Gasteiger partial charge in [-0.2, -0.15) is 13.2 Å². The van der Waals surface area contributed by atoms with Crippen LogP contribution in [0.3, 0.4) is 0 Å². The molecule has 1 heterocycles. The molecular weight excluding hydrogens is 299 g/mol. The summed E-state index contributed by atoms with van der Waals surface area (Å²) in [6, 6.07) is 9.85. The molecule has 1 unspecified atom stereocenters. The predicted octanol–water partition coefficient (Wildman–Crippen LogP) is 2.27. The Morgan fingerprint density at radius 3 is 2.19 bits per heavy atom. The number of para-hydroxylation sites is 1. The zero-order valence-electron chi connectivity index (χ0n) is 11.5. The first-order chi connectivity index (χ1) is 9.88. The third-order valence-electron chi connectivity index (χ3n) is 3.67. The highest BCUT2D eigenvalue weighted by Crippen LogP contribution is 2.28. The number of rotatable bonds is 4. The van der Waals surface area contributed by atoms with Crippen molar-refractivity contribution in [2.45, 2.75) is 6.18 Å². The quantitative estimate of drug-likeness (QED) is 0.864. The average molecular weight is 317 g/mol. The zero-order valence-corrected chi connectivity index (χ0v) is 12.3. The Morgan fingerprint density at radius 1 is 1.14 bits per heavy atom. The second-order valence-electron chi connectivity index (χ2n) is 5.12. The Labute approximate surface area is 127 Å². The summed E-state index contributed by atoms with van der Waals surface area (Å²) in [5, 5.41) is 0. The zero-order chi connectivity index (χ0) is 15.5. The number of anilines is 1. The topological polar surface area (TPSA) is 32.5 Å². The number of hydrogen-bond acceptors (Lipinski definition) is 3. The van der Waals surface area contributed by atoms with Crippen LogP contribution < -0.4 is 10.6 Å². The lowest BCUT2D eigenvalue weighted by Gasteiger charge is -2.37. The SMILES string of the molecule is NC(=S)C(CN1CCN(c2ccccc2)CC1)C(F)(F)F. The van der Waals surface area contributed by atoms with Gasteiger partial charge in [-0.3, -0.25) is 4.90 Å². The highest BCUT2D eigenvalue weighted by atomic mass is 32.1. The highest BCUT2D eigenvalue weighted by Gasteiger charge is 2.42. The largest absolute Gasteiger partial charge is 0.399 e. The summed E-state index contributed by atoms with van der Waals surface area (Å²) in [7, 11) is 0. The van der Waals surface area contributed by atoms with Crippen LogP contribution in [-0.2, 0) is 0 Å². The van der Waals surface area contributed by atoms with Gasteiger partial charge in [0.05, 0.1) is 4.99 Å². The molecule has 0 amide bonds. The minimum absolute atomic E-state index is 0.151. The van der Waals surface area contributed by atoms with Crippen molar-refractivity contribution in [2.24, 2.45) is 11.7 Å². The van der Waals surface area contributed by atoms with Crippen LogP contribution in [0.15, 0.2) is 30.3 Å². The number of nitrogens with two attached hydrogens (primary N) is 1. The van der Waals surface area contributed by atoms with Crippen LogP contribution >= 0.6 is 12.2 Å². The molecule has 0 saturated carbocycles. The fraction of sp³-hybridized carbons (Fsp3) is 0.500. The number of thiocarbonyl (C=S) groups is 1. The van der Waals surface area contributed by atoms with E-state index in [0.29, 0.717) is 26.2 Å². The maximum atomic E-state index is 12.9. The minimum Gasteiger partial charge on any atom is -0.393 e. The van der Waals surface area contributed by atoms with Crippen LogP contribution in [0.5, 0.6) is 0 Å². The van der Waals surface area contributed by atoms with E-state index < -0.39 is 17.1 Å². The van der Waals surface area contributed by atoms with Gasteiger partial charge < -0.3 is 10.6 Å². The van der Waals surface area contributed by atoms with Crippen molar-refractivity contribution in [1.29, 1.82) is 0 Å². The molecule has 1 aromatic carbocycles. The van der Waals surface area contributed by atoms with Gasteiger partial charge in [-0.1, -0.05) is 30.4 Å². The summed E-state index contributed by atoms with van der Waals surface area (Å²) < 4.78 is 38.6. The van der Waals surface area contributed by atoms with E-state index in [4.69, 9.17) is 5.73 Å². The molecule has 0 aromatic heterocycles. The molecule has 0 aliphatic carbocycles. The Kier molecular flexibility index (Phi) is 5.05. The fourth-order valence-corrected chi connectivity index (χ4v) is 2.65. The van der Waals surface area contributed by atoms with Crippen LogP contribution in [0.4, 0.5) is 18.9 Å². The van der Waals surface area contributed by atoms with E-state index in [2.05, 4.69) is 17.1 Å². The van der Waals surface area contributed by atoms with E-state index in [0.717, 1.165) is 5.69 Å². The first-order valence-electron chi connectivity index (χ1n) is 6.76. The molecule has 1 aliphatic heterocycles. The summed E-state index contributed by atoms with van der Waals surface area (Å²) in [4.78, 5) is 3.46. The molecule has 0 bridgehead atoms. The predicted molar refractivity (Wildman–Crippen MR) is 81.4 cm³/mol. The summed E-state index contributed by atoms with van der Waals surface area (Å²) in [5.41, 5.74) is 6.33. The molecule has 2 N–H and O–H groups in total. The maximum Gasteiger partial charge on any atom is 0.399 e. The molecule has 7 heteroatoms. The van der Waals surface area contributed by atoms with Gasteiger partial charge in [-0.15, -0.1) is 0 Å². The van der Waals surface area contributed by atoms with Crippen molar-refractivity contribution in [2.75, 3.05) is 37.6 Å². The van der Waals surface area contributed by atoms with Crippen molar-refractivity contribution >= 4 is 22.9 Å². The summed E-state index contributed by atoms with van der Waals surface area (Å²) >= 11 is 4.55. The monoisotopic (exact) mass is 317 g/mol. The number of hydrogen-bond donors (Lipinski definition) is 1. The summed E-state index contributed by atoms with van der Waals surface area (Å²) in [5.74, 6) is -1.73. The minimum atomic E-state index is -4.37. The Morgan fingerprint density at radius 2 is 1.71 bits per heavy atom. The number of alkyl halides is 3. The number of piperazine rings is 1. The van der Waals surface area contributed by atoms with Crippen molar-refractivity contribution < 1.29 is 13.2 Å². The molecule has 1 saturated heterocycles. The van der Waals surface area contributed by atoms with Crippen molar-refractivity contribution in [1.82, 2.24) is 4.90 Å². The van der Waals surface area contributed by atoms with Crippen LogP contribution in [0.2, 0.25) is 0 Å².